The van der Waals surface area contributed by atoms with E-state index in [1.54, 1.807) is 0 Å². The number of hydrogen-bond acceptors (Lipinski definition) is 4. The molecule has 0 saturated carbocycles. The Bertz CT molecular complexity index is 2880. The summed E-state index contributed by atoms with van der Waals surface area (Å²) in [6, 6.07) is 43.9. The second-order valence-electron chi connectivity index (χ2n) is 18.1. The highest BCUT2D eigenvalue weighted by atomic mass is 19.4. The van der Waals surface area contributed by atoms with Gasteiger partial charge in [0, 0.05) is 38.7 Å². The molecule has 0 fully saturated rings. The summed E-state index contributed by atoms with van der Waals surface area (Å²) in [6.07, 6.45) is 7.68. The predicted octanol–water partition coefficient (Wildman–Crippen LogP) is 16.4. The van der Waals surface area contributed by atoms with Crippen LogP contribution in [-0.4, -0.2) is 19.1 Å². The summed E-state index contributed by atoms with van der Waals surface area (Å²) in [7, 11) is 0. The van der Waals surface area contributed by atoms with Gasteiger partial charge in [0.1, 0.15) is 17.2 Å². The number of hydrogen-bond donors (Lipinski definition) is 1. The van der Waals surface area contributed by atoms with E-state index < -0.39 is 23.2 Å². The van der Waals surface area contributed by atoms with Gasteiger partial charge in [-0.15, -0.1) is 0 Å². The van der Waals surface area contributed by atoms with Gasteiger partial charge in [0.2, 0.25) is 0 Å². The Kier molecular flexibility index (Phi) is 13.2. The molecule has 7 aromatic rings. The Hall–Kier alpha value is -6.80. The van der Waals surface area contributed by atoms with Crippen molar-refractivity contribution in [1.29, 1.82) is 0 Å². The average Bonchev–Trinajstić information content (AvgIpc) is 3.63. The fourth-order valence-corrected chi connectivity index (χ4v) is 10.4. The molecule has 2 aliphatic rings. The van der Waals surface area contributed by atoms with Crippen LogP contribution in [0.5, 0.6) is 17.2 Å². The molecular weight excluding hydrogens is 856 g/mol. The van der Waals surface area contributed by atoms with Crippen LogP contribution in [-0.2, 0) is 17.2 Å². The summed E-state index contributed by atoms with van der Waals surface area (Å²) < 4.78 is 60.4. The normalized spacial score (nSPS) is 14.2. The Morgan fingerprint density at radius 1 is 0.647 bits per heavy atom. The number of carbonyl (C=O) groups is 1. The molecule has 1 aliphatic heterocycles. The number of rotatable bonds is 17. The van der Waals surface area contributed by atoms with Crippen LogP contribution >= 0.6 is 0 Å². The molecule has 1 heterocycles. The van der Waals surface area contributed by atoms with Crippen molar-refractivity contribution in [2.45, 2.75) is 96.3 Å². The molecule has 0 aromatic heterocycles. The van der Waals surface area contributed by atoms with Crippen LogP contribution in [0.4, 0.5) is 18.9 Å². The first kappa shape index (κ1) is 46.3. The third-order valence-electron chi connectivity index (χ3n) is 13.6. The van der Waals surface area contributed by atoms with E-state index in [0.717, 1.165) is 130 Å². The molecule has 0 spiro atoms. The van der Waals surface area contributed by atoms with Gasteiger partial charge in [-0.2, -0.15) is 13.2 Å². The van der Waals surface area contributed by atoms with Gasteiger partial charge >= 0.3 is 6.18 Å². The van der Waals surface area contributed by atoms with Crippen LogP contribution in [0.3, 0.4) is 0 Å². The lowest BCUT2D eigenvalue weighted by Gasteiger charge is -2.40. The zero-order valence-corrected chi connectivity index (χ0v) is 39.3. The average molecular weight is 914 g/mol. The zero-order valence-electron chi connectivity index (χ0n) is 39.3. The lowest BCUT2D eigenvalue weighted by atomic mass is 9.69. The van der Waals surface area contributed by atoms with Gasteiger partial charge in [0.05, 0.1) is 18.8 Å². The fraction of sp³-hybridized carbons (Fsp3) is 0.283. The Morgan fingerprint density at radius 3 is 1.84 bits per heavy atom. The van der Waals surface area contributed by atoms with Crippen LogP contribution in [0.1, 0.15) is 123 Å². The molecule has 0 atom stereocenters. The standard InChI is InChI=1S/C60H58F3NO4/c1-5-9-36-66-47-26-21-43(22-27-47)59(44-23-28-48(29-24-44)67-37-10-6-2)35-32-51-55-54(50-30-18-42(40-14-12-11-13-15-40)38-53(50)58(55,33-7-3)34-8-4)52-39-46(25-31-49(52)56(51)68-59)64-57(65)41-16-19-45(20-17-41)60(61,62)63/h11-32,35,38-39H,5-10,33-34,36-37H2,1-4H3,(H,64,65). The molecule has 0 bridgehead atoms. The van der Waals surface area contributed by atoms with Crippen molar-refractivity contribution in [3.05, 3.63) is 185 Å². The molecule has 8 heteroatoms. The number of carbonyl (C=O) groups excluding carboxylic acids is 1. The molecule has 1 amide bonds. The smallest absolute Gasteiger partial charge is 0.416 e. The Labute approximate surface area is 398 Å². The number of amides is 1. The topological polar surface area (TPSA) is 56.8 Å². The first-order chi connectivity index (χ1) is 33.0. The molecule has 0 saturated heterocycles. The van der Waals surface area contributed by atoms with Crippen molar-refractivity contribution >= 4 is 28.4 Å². The number of alkyl halides is 3. The molecule has 5 nitrogen and oxygen atoms in total. The minimum Gasteiger partial charge on any atom is -0.494 e. The second-order valence-corrected chi connectivity index (χ2v) is 18.1. The summed E-state index contributed by atoms with van der Waals surface area (Å²) in [5, 5.41) is 4.81. The van der Waals surface area contributed by atoms with E-state index in [4.69, 9.17) is 14.2 Å². The summed E-state index contributed by atoms with van der Waals surface area (Å²) in [5.41, 5.74) is 8.30. The number of fused-ring (bicyclic) bond motifs is 8. The molecule has 1 N–H and O–H groups in total. The van der Waals surface area contributed by atoms with E-state index >= 15 is 0 Å². The summed E-state index contributed by atoms with van der Waals surface area (Å²) in [6.45, 7) is 10.1. The fourth-order valence-electron chi connectivity index (χ4n) is 10.4. The number of unbranched alkanes of at least 4 members (excludes halogenated alkanes) is 2. The molecule has 1 aliphatic carbocycles. The van der Waals surface area contributed by atoms with Gasteiger partial charge in [0.25, 0.3) is 5.91 Å². The first-order valence-electron chi connectivity index (χ1n) is 24.2. The van der Waals surface area contributed by atoms with E-state index in [1.165, 1.54) is 23.3 Å². The maximum Gasteiger partial charge on any atom is 0.416 e. The molecule has 348 valence electrons. The molecule has 68 heavy (non-hydrogen) atoms. The van der Waals surface area contributed by atoms with E-state index in [9.17, 15) is 18.0 Å². The Balaban J connectivity index is 1.26. The lowest BCUT2D eigenvalue weighted by molar-refractivity contribution is -0.137. The third kappa shape index (κ3) is 8.66. The van der Waals surface area contributed by atoms with Crippen LogP contribution in [0.25, 0.3) is 39.1 Å². The van der Waals surface area contributed by atoms with Crippen LogP contribution in [0.15, 0.2) is 146 Å². The number of anilines is 1. The first-order valence-corrected chi connectivity index (χ1v) is 24.2. The van der Waals surface area contributed by atoms with Gasteiger partial charge < -0.3 is 19.5 Å². The molecule has 7 aromatic carbocycles. The maximum atomic E-state index is 13.8. The molecule has 0 radical (unpaired) electrons. The summed E-state index contributed by atoms with van der Waals surface area (Å²) in [5.74, 6) is 1.82. The van der Waals surface area contributed by atoms with E-state index in [0.29, 0.717) is 18.9 Å². The van der Waals surface area contributed by atoms with Gasteiger partial charge in [-0.3, -0.25) is 4.79 Å². The van der Waals surface area contributed by atoms with Crippen LogP contribution in [0, 0.1) is 0 Å². The minimum absolute atomic E-state index is 0.124. The Morgan fingerprint density at radius 2 is 1.26 bits per heavy atom. The molecule has 0 unspecified atom stereocenters. The highest BCUT2D eigenvalue weighted by Gasteiger charge is 2.48. The van der Waals surface area contributed by atoms with Gasteiger partial charge in [-0.05, 0) is 143 Å². The van der Waals surface area contributed by atoms with Crippen molar-refractivity contribution in [2.75, 3.05) is 18.5 Å². The van der Waals surface area contributed by atoms with Crippen molar-refractivity contribution in [3.63, 3.8) is 0 Å². The highest BCUT2D eigenvalue weighted by molar-refractivity contribution is 6.11. The maximum absolute atomic E-state index is 13.8. The summed E-state index contributed by atoms with van der Waals surface area (Å²) >= 11 is 0. The predicted molar refractivity (Wildman–Crippen MR) is 269 cm³/mol. The van der Waals surface area contributed by atoms with E-state index in [2.05, 4.69) is 112 Å². The van der Waals surface area contributed by atoms with Crippen LogP contribution in [0.2, 0.25) is 0 Å². The monoisotopic (exact) mass is 913 g/mol. The molecular formula is C60H58F3NO4. The van der Waals surface area contributed by atoms with E-state index in [-0.39, 0.29) is 11.0 Å². The number of benzene rings is 7. The van der Waals surface area contributed by atoms with Crippen molar-refractivity contribution in [1.82, 2.24) is 0 Å². The third-order valence-corrected chi connectivity index (χ3v) is 13.6. The highest BCUT2D eigenvalue weighted by Crippen LogP contribution is 2.61. The minimum atomic E-state index is -4.51. The van der Waals surface area contributed by atoms with Gasteiger partial charge in [0.15, 0.2) is 5.60 Å². The number of nitrogens with one attached hydrogen (secondary N) is 1. The van der Waals surface area contributed by atoms with Crippen molar-refractivity contribution < 1.29 is 32.2 Å². The second kappa shape index (κ2) is 19.4. The van der Waals surface area contributed by atoms with Crippen molar-refractivity contribution in [2.24, 2.45) is 0 Å². The van der Waals surface area contributed by atoms with E-state index in [1.807, 2.05) is 48.5 Å². The zero-order chi connectivity index (χ0) is 47.5. The van der Waals surface area contributed by atoms with Gasteiger partial charge in [-0.25, -0.2) is 0 Å². The number of halogens is 3. The summed E-state index contributed by atoms with van der Waals surface area (Å²) in [4.78, 5) is 13.8. The van der Waals surface area contributed by atoms with Crippen molar-refractivity contribution in [3.8, 4) is 39.5 Å². The number of ether oxygens (including phenoxy) is 3. The van der Waals surface area contributed by atoms with Crippen LogP contribution < -0.4 is 19.5 Å². The largest absolute Gasteiger partial charge is 0.494 e. The van der Waals surface area contributed by atoms with Gasteiger partial charge in [-0.1, -0.05) is 126 Å². The quantitative estimate of drug-likeness (QED) is 0.0925. The lowest BCUT2D eigenvalue weighted by Crippen LogP contribution is -2.35. The SMILES string of the molecule is CCCCOc1ccc(C2(c3ccc(OCCCC)cc3)C=Cc3c4c(c5cc(NC(=O)c6ccc(C(F)(F)F)cc6)ccc5c3O2)-c2ccc(-c3ccccc3)cc2C4(CCC)CCC)cc1. The molecule has 9 rings (SSSR count).